The SMILES string of the molecule is CCN1CC=C(c2cn(N)c3ccc(C(=O)c4ccc(F)cc4)cc23)CC1.O=C(O)/C=C/C(=O)O. The average Bonchev–Trinajstić information content (AvgIpc) is 3.19. The number of nitrogens with zero attached hydrogens (tertiary/aromatic N) is 2. The summed E-state index contributed by atoms with van der Waals surface area (Å²) in [4.78, 5) is 34.3. The van der Waals surface area contributed by atoms with Crippen molar-refractivity contribution in [1.29, 1.82) is 0 Å². The lowest BCUT2D eigenvalue weighted by molar-refractivity contribution is -0.134. The minimum absolute atomic E-state index is 0.123. The highest BCUT2D eigenvalue weighted by Crippen LogP contribution is 2.31. The van der Waals surface area contributed by atoms with Crippen molar-refractivity contribution in [2.24, 2.45) is 0 Å². The van der Waals surface area contributed by atoms with Crippen LogP contribution in [-0.4, -0.2) is 57.1 Å². The van der Waals surface area contributed by atoms with E-state index in [1.807, 2.05) is 18.3 Å². The van der Waals surface area contributed by atoms with Crippen LogP contribution in [-0.2, 0) is 9.59 Å². The lowest BCUT2D eigenvalue weighted by Gasteiger charge is -2.24. The van der Waals surface area contributed by atoms with Crippen LogP contribution in [0.3, 0.4) is 0 Å². The summed E-state index contributed by atoms with van der Waals surface area (Å²) >= 11 is 0. The summed E-state index contributed by atoms with van der Waals surface area (Å²) < 4.78 is 14.8. The highest BCUT2D eigenvalue weighted by molar-refractivity contribution is 6.11. The third kappa shape index (κ3) is 6.42. The molecule has 0 radical (unpaired) electrons. The van der Waals surface area contributed by atoms with E-state index in [0.29, 0.717) is 23.3 Å². The van der Waals surface area contributed by atoms with Crippen molar-refractivity contribution in [3.05, 3.63) is 89.4 Å². The molecular weight excluding hydrogens is 453 g/mol. The monoisotopic (exact) mass is 479 g/mol. The zero-order valence-electron chi connectivity index (χ0n) is 19.1. The van der Waals surface area contributed by atoms with Crippen molar-refractivity contribution in [2.45, 2.75) is 13.3 Å². The molecule has 1 aliphatic rings. The molecule has 0 fully saturated rings. The van der Waals surface area contributed by atoms with Crippen molar-refractivity contribution in [2.75, 3.05) is 25.5 Å². The first kappa shape index (κ1) is 25.4. The highest BCUT2D eigenvalue weighted by Gasteiger charge is 2.18. The van der Waals surface area contributed by atoms with Gasteiger partial charge in [0, 0.05) is 53.5 Å². The van der Waals surface area contributed by atoms with Gasteiger partial charge in [0.25, 0.3) is 0 Å². The van der Waals surface area contributed by atoms with Gasteiger partial charge in [-0.25, -0.2) is 14.0 Å². The Kier molecular flexibility index (Phi) is 8.17. The van der Waals surface area contributed by atoms with Gasteiger partial charge in [0.05, 0.1) is 5.52 Å². The number of halogens is 1. The van der Waals surface area contributed by atoms with Crippen LogP contribution in [0.15, 0.2) is 66.9 Å². The fraction of sp³-hybridized carbons (Fsp3) is 0.192. The molecule has 8 nitrogen and oxygen atoms in total. The molecule has 2 heterocycles. The number of likely N-dealkylation sites (N-methyl/N-ethyl adjacent to an activating group) is 1. The Morgan fingerprint density at radius 2 is 1.66 bits per heavy atom. The molecular formula is C26H26FN3O5. The number of rotatable bonds is 6. The van der Waals surface area contributed by atoms with Gasteiger partial charge in [0.15, 0.2) is 5.78 Å². The Balaban J connectivity index is 0.000000371. The van der Waals surface area contributed by atoms with Gasteiger partial charge in [-0.15, -0.1) is 0 Å². The number of benzene rings is 2. The quantitative estimate of drug-likeness (QED) is 0.280. The van der Waals surface area contributed by atoms with Crippen LogP contribution in [0.1, 0.15) is 34.8 Å². The number of fused-ring (bicyclic) bond motifs is 1. The Bertz CT molecular complexity index is 1290. The van der Waals surface area contributed by atoms with Crippen molar-refractivity contribution in [3.8, 4) is 0 Å². The normalized spacial score (nSPS) is 13.8. The molecule has 35 heavy (non-hydrogen) atoms. The van der Waals surface area contributed by atoms with E-state index in [4.69, 9.17) is 16.1 Å². The summed E-state index contributed by atoms with van der Waals surface area (Å²) in [5.74, 6) is 3.15. The van der Waals surface area contributed by atoms with Crippen LogP contribution < -0.4 is 5.84 Å². The zero-order chi connectivity index (χ0) is 25.5. The Morgan fingerprint density at radius 3 is 2.20 bits per heavy atom. The third-order valence-corrected chi connectivity index (χ3v) is 5.66. The van der Waals surface area contributed by atoms with Gasteiger partial charge in [-0.1, -0.05) is 13.0 Å². The first-order valence-corrected chi connectivity index (χ1v) is 11.0. The largest absolute Gasteiger partial charge is 0.478 e. The zero-order valence-corrected chi connectivity index (χ0v) is 19.1. The predicted molar refractivity (Wildman–Crippen MR) is 131 cm³/mol. The van der Waals surface area contributed by atoms with Crippen molar-refractivity contribution >= 4 is 34.2 Å². The van der Waals surface area contributed by atoms with E-state index >= 15 is 0 Å². The van der Waals surface area contributed by atoms with Gasteiger partial charge in [-0.2, -0.15) is 0 Å². The first-order valence-electron chi connectivity index (χ1n) is 11.0. The second kappa shape index (κ2) is 11.3. The van der Waals surface area contributed by atoms with Gasteiger partial charge in [0.1, 0.15) is 5.82 Å². The summed E-state index contributed by atoms with van der Waals surface area (Å²) in [5, 5.41) is 16.6. The van der Waals surface area contributed by atoms with Gasteiger partial charge in [-0.3, -0.25) is 14.4 Å². The second-order valence-corrected chi connectivity index (χ2v) is 7.90. The number of nitrogen functional groups attached to an aromatic ring is 1. The number of nitrogens with two attached hydrogens (primary N) is 1. The number of hydrogen-bond acceptors (Lipinski definition) is 5. The Morgan fingerprint density at radius 1 is 1.03 bits per heavy atom. The Hall–Kier alpha value is -4.24. The van der Waals surface area contributed by atoms with E-state index in [-0.39, 0.29) is 11.6 Å². The van der Waals surface area contributed by atoms with Crippen LogP contribution in [0.5, 0.6) is 0 Å². The van der Waals surface area contributed by atoms with Crippen molar-refractivity contribution in [1.82, 2.24) is 9.58 Å². The van der Waals surface area contributed by atoms with Crippen LogP contribution >= 0.6 is 0 Å². The second-order valence-electron chi connectivity index (χ2n) is 7.90. The smallest absolute Gasteiger partial charge is 0.328 e. The van der Waals surface area contributed by atoms with Crippen LogP contribution in [0.4, 0.5) is 4.39 Å². The van der Waals surface area contributed by atoms with Crippen LogP contribution in [0, 0.1) is 5.82 Å². The molecule has 0 amide bonds. The van der Waals surface area contributed by atoms with E-state index in [2.05, 4.69) is 17.9 Å². The molecule has 2 aromatic carbocycles. The molecule has 0 atom stereocenters. The Labute approximate surface area is 201 Å². The summed E-state index contributed by atoms with van der Waals surface area (Å²) in [5.41, 5.74) is 4.28. The number of aliphatic carboxylic acids is 2. The number of carbonyl (C=O) groups excluding carboxylic acids is 1. The minimum atomic E-state index is -1.26. The number of carbonyl (C=O) groups is 3. The first-order chi connectivity index (χ1) is 16.7. The number of carboxylic acids is 2. The fourth-order valence-corrected chi connectivity index (χ4v) is 3.81. The van der Waals surface area contributed by atoms with Gasteiger partial charge in [-0.05, 0) is 61.0 Å². The summed E-state index contributed by atoms with van der Waals surface area (Å²) in [6, 6.07) is 11.2. The standard InChI is InChI=1S/C22H22FN3O.C4H4O4/c1-2-25-11-9-15(10-12-25)20-14-26(24)21-8-5-17(13-19(20)21)22(27)16-3-6-18(23)7-4-16;5-3(6)1-2-4(7)8/h3-9,13-14H,2,10-12,24H2,1H3;1-2H,(H,5,6)(H,7,8)/b;2-1+. The number of carboxylic acid groups (broad SMARTS) is 2. The van der Waals surface area contributed by atoms with E-state index in [9.17, 15) is 18.8 Å². The van der Waals surface area contributed by atoms with E-state index in [0.717, 1.165) is 42.5 Å². The van der Waals surface area contributed by atoms with E-state index < -0.39 is 11.9 Å². The van der Waals surface area contributed by atoms with E-state index in [1.165, 1.54) is 29.8 Å². The third-order valence-electron chi connectivity index (χ3n) is 5.66. The summed E-state index contributed by atoms with van der Waals surface area (Å²) in [7, 11) is 0. The van der Waals surface area contributed by atoms with Crippen molar-refractivity contribution < 1.29 is 29.0 Å². The minimum Gasteiger partial charge on any atom is -0.478 e. The number of aromatic nitrogens is 1. The maximum atomic E-state index is 13.1. The fourth-order valence-electron chi connectivity index (χ4n) is 3.81. The maximum absolute atomic E-state index is 13.1. The van der Waals surface area contributed by atoms with Crippen molar-refractivity contribution in [3.63, 3.8) is 0 Å². The highest BCUT2D eigenvalue weighted by atomic mass is 19.1. The van der Waals surface area contributed by atoms with Crippen LogP contribution in [0.25, 0.3) is 16.5 Å². The molecule has 0 bridgehead atoms. The topological polar surface area (TPSA) is 126 Å². The molecule has 0 unspecified atom stereocenters. The summed E-state index contributed by atoms with van der Waals surface area (Å²) in [6.07, 6.45) is 6.26. The van der Waals surface area contributed by atoms with E-state index in [1.54, 1.807) is 10.7 Å². The molecule has 0 saturated carbocycles. The summed E-state index contributed by atoms with van der Waals surface area (Å²) in [6.45, 7) is 5.15. The maximum Gasteiger partial charge on any atom is 0.328 e. The predicted octanol–water partition coefficient (Wildman–Crippen LogP) is 3.55. The average molecular weight is 480 g/mol. The molecule has 1 aliphatic heterocycles. The molecule has 9 heteroatoms. The number of hydrogen-bond donors (Lipinski definition) is 3. The lowest BCUT2D eigenvalue weighted by Crippen LogP contribution is -2.27. The molecule has 0 aliphatic carbocycles. The molecule has 0 saturated heterocycles. The molecule has 4 N–H and O–H groups in total. The molecule has 3 aromatic rings. The van der Waals surface area contributed by atoms with Gasteiger partial charge < -0.3 is 16.1 Å². The molecule has 1 aromatic heterocycles. The lowest BCUT2D eigenvalue weighted by atomic mass is 9.96. The number of ketones is 1. The van der Waals surface area contributed by atoms with Gasteiger partial charge >= 0.3 is 11.9 Å². The molecule has 182 valence electrons. The molecule has 0 spiro atoms. The van der Waals surface area contributed by atoms with Gasteiger partial charge in [0.2, 0.25) is 0 Å². The molecule has 4 rings (SSSR count). The van der Waals surface area contributed by atoms with Crippen LogP contribution in [0.2, 0.25) is 0 Å².